The van der Waals surface area contributed by atoms with Gasteiger partial charge in [0.1, 0.15) is 0 Å². The average Bonchev–Trinajstić information content (AvgIpc) is 2.36. The van der Waals surface area contributed by atoms with Crippen LogP contribution in [-0.2, 0) is 11.2 Å². The Labute approximate surface area is 107 Å². The van der Waals surface area contributed by atoms with E-state index in [9.17, 15) is 4.79 Å². The van der Waals surface area contributed by atoms with E-state index in [4.69, 9.17) is 5.73 Å². The summed E-state index contributed by atoms with van der Waals surface area (Å²) in [7, 11) is 0. The van der Waals surface area contributed by atoms with Crippen LogP contribution in [0.5, 0.6) is 0 Å². The first-order valence-electron chi connectivity index (χ1n) is 6.10. The summed E-state index contributed by atoms with van der Waals surface area (Å²) in [5.74, 6) is -0.256. The number of carbonyl (C=O) groups is 1. The van der Waals surface area contributed by atoms with Crippen LogP contribution in [0.4, 0.5) is 0 Å². The number of carbonyl (C=O) groups excluding carboxylic acids is 1. The third-order valence-electron chi connectivity index (χ3n) is 2.99. The summed E-state index contributed by atoms with van der Waals surface area (Å²) in [4.78, 5) is 10.9. The minimum atomic E-state index is -0.256. The fraction of sp³-hybridized carbons (Fsp3) is 0.188. The number of hydrogen-bond donors (Lipinski definition) is 1. The first-order valence-corrected chi connectivity index (χ1v) is 6.10. The summed E-state index contributed by atoms with van der Waals surface area (Å²) in [6, 6.07) is 16.5. The molecule has 2 nitrogen and oxygen atoms in total. The van der Waals surface area contributed by atoms with Crippen LogP contribution in [0.2, 0.25) is 0 Å². The zero-order valence-electron chi connectivity index (χ0n) is 10.5. The van der Waals surface area contributed by atoms with Gasteiger partial charge in [0.05, 0.1) is 0 Å². The highest BCUT2D eigenvalue weighted by molar-refractivity contribution is 5.75. The van der Waals surface area contributed by atoms with Crippen LogP contribution in [0.3, 0.4) is 0 Å². The van der Waals surface area contributed by atoms with Crippen LogP contribution >= 0.6 is 0 Å². The maximum absolute atomic E-state index is 10.9. The fourth-order valence-electron chi connectivity index (χ4n) is 2.09. The molecule has 0 aromatic heterocycles. The Bertz CT molecular complexity index is 561. The molecule has 18 heavy (non-hydrogen) atoms. The van der Waals surface area contributed by atoms with E-state index in [-0.39, 0.29) is 5.91 Å². The van der Waals surface area contributed by atoms with Crippen molar-refractivity contribution in [2.24, 2.45) is 5.73 Å². The fourth-order valence-corrected chi connectivity index (χ4v) is 2.09. The molecular weight excluding hydrogens is 222 g/mol. The van der Waals surface area contributed by atoms with Gasteiger partial charge >= 0.3 is 0 Å². The van der Waals surface area contributed by atoms with Gasteiger partial charge in [-0.2, -0.15) is 0 Å². The van der Waals surface area contributed by atoms with E-state index < -0.39 is 0 Å². The molecule has 0 heterocycles. The van der Waals surface area contributed by atoms with Gasteiger partial charge in [0.2, 0.25) is 5.91 Å². The Balaban J connectivity index is 2.35. The molecule has 0 aliphatic carbocycles. The number of rotatable bonds is 4. The molecule has 1 amide bonds. The molecule has 0 unspecified atom stereocenters. The molecule has 2 aromatic carbocycles. The van der Waals surface area contributed by atoms with Crippen LogP contribution in [0.15, 0.2) is 48.5 Å². The smallest absolute Gasteiger partial charge is 0.217 e. The highest BCUT2D eigenvalue weighted by Crippen LogP contribution is 2.25. The highest BCUT2D eigenvalue weighted by Gasteiger charge is 2.05. The standard InChI is InChI=1S/C16H17NO/c1-12-5-4-7-14(11-12)15-8-3-2-6-13(15)9-10-16(17)18/h2-8,11H,9-10H2,1H3,(H2,17,18). The highest BCUT2D eigenvalue weighted by atomic mass is 16.1. The normalized spacial score (nSPS) is 10.3. The third kappa shape index (κ3) is 2.98. The first-order chi connectivity index (χ1) is 8.66. The first kappa shape index (κ1) is 12.4. The van der Waals surface area contributed by atoms with Gasteiger partial charge in [-0.25, -0.2) is 0 Å². The van der Waals surface area contributed by atoms with Gasteiger partial charge in [-0.15, -0.1) is 0 Å². The number of hydrogen-bond acceptors (Lipinski definition) is 1. The monoisotopic (exact) mass is 239 g/mol. The predicted octanol–water partition coefficient (Wildman–Crippen LogP) is 3.08. The maximum atomic E-state index is 10.9. The van der Waals surface area contributed by atoms with Gasteiger partial charge in [0.15, 0.2) is 0 Å². The second kappa shape index (κ2) is 5.50. The van der Waals surface area contributed by atoms with Crippen LogP contribution in [-0.4, -0.2) is 5.91 Å². The summed E-state index contributed by atoms with van der Waals surface area (Å²) in [6.45, 7) is 2.08. The number of aryl methyl sites for hydroxylation is 2. The van der Waals surface area contributed by atoms with Crippen molar-refractivity contribution in [2.45, 2.75) is 19.8 Å². The zero-order valence-corrected chi connectivity index (χ0v) is 10.5. The number of nitrogens with two attached hydrogens (primary N) is 1. The van der Waals surface area contributed by atoms with E-state index in [0.717, 1.165) is 0 Å². The molecule has 2 heteroatoms. The van der Waals surface area contributed by atoms with Gasteiger partial charge in [-0.3, -0.25) is 4.79 Å². The van der Waals surface area contributed by atoms with Crippen LogP contribution < -0.4 is 5.73 Å². The molecule has 0 saturated heterocycles. The summed E-state index contributed by atoms with van der Waals surface area (Å²) in [5.41, 5.74) is 9.99. The van der Waals surface area contributed by atoms with Crippen molar-refractivity contribution in [2.75, 3.05) is 0 Å². The Morgan fingerprint density at radius 3 is 2.61 bits per heavy atom. The van der Waals surface area contributed by atoms with Crippen LogP contribution in [0.1, 0.15) is 17.5 Å². The lowest BCUT2D eigenvalue weighted by molar-refractivity contribution is -0.117. The van der Waals surface area contributed by atoms with Crippen LogP contribution in [0.25, 0.3) is 11.1 Å². The zero-order chi connectivity index (χ0) is 13.0. The molecule has 0 spiro atoms. The minimum Gasteiger partial charge on any atom is -0.370 e. The Morgan fingerprint density at radius 1 is 1.11 bits per heavy atom. The molecule has 0 fully saturated rings. The Morgan fingerprint density at radius 2 is 1.89 bits per heavy atom. The van der Waals surface area contributed by atoms with E-state index in [1.165, 1.54) is 22.3 Å². The van der Waals surface area contributed by atoms with Gasteiger partial charge in [0.25, 0.3) is 0 Å². The number of benzene rings is 2. The molecular formula is C16H17NO. The lowest BCUT2D eigenvalue weighted by atomic mass is 9.96. The second-order valence-electron chi connectivity index (χ2n) is 4.49. The van der Waals surface area contributed by atoms with E-state index in [0.29, 0.717) is 12.8 Å². The number of primary amides is 1. The lowest BCUT2D eigenvalue weighted by Crippen LogP contribution is -2.11. The second-order valence-corrected chi connectivity index (χ2v) is 4.49. The summed E-state index contributed by atoms with van der Waals surface area (Å²) in [6.07, 6.45) is 1.09. The van der Waals surface area contributed by atoms with Crippen molar-refractivity contribution in [3.8, 4) is 11.1 Å². The topological polar surface area (TPSA) is 43.1 Å². The molecule has 2 rings (SSSR count). The van der Waals surface area contributed by atoms with E-state index in [1.54, 1.807) is 0 Å². The van der Waals surface area contributed by atoms with Crippen LogP contribution in [0, 0.1) is 6.92 Å². The third-order valence-corrected chi connectivity index (χ3v) is 2.99. The summed E-state index contributed by atoms with van der Waals surface area (Å²) in [5, 5.41) is 0. The summed E-state index contributed by atoms with van der Waals surface area (Å²) >= 11 is 0. The number of amides is 1. The molecule has 0 atom stereocenters. The summed E-state index contributed by atoms with van der Waals surface area (Å²) < 4.78 is 0. The Kier molecular flexibility index (Phi) is 3.78. The quantitative estimate of drug-likeness (QED) is 0.875. The maximum Gasteiger partial charge on any atom is 0.217 e. The molecule has 92 valence electrons. The van der Waals surface area contributed by atoms with Crippen molar-refractivity contribution in [1.82, 2.24) is 0 Å². The van der Waals surface area contributed by atoms with Crippen molar-refractivity contribution < 1.29 is 4.79 Å². The van der Waals surface area contributed by atoms with E-state index in [2.05, 4.69) is 43.3 Å². The van der Waals surface area contributed by atoms with Crippen molar-refractivity contribution >= 4 is 5.91 Å². The SMILES string of the molecule is Cc1cccc(-c2ccccc2CCC(N)=O)c1. The van der Waals surface area contributed by atoms with Crippen molar-refractivity contribution in [3.63, 3.8) is 0 Å². The molecule has 0 aliphatic heterocycles. The molecule has 0 radical (unpaired) electrons. The Hall–Kier alpha value is -2.09. The van der Waals surface area contributed by atoms with Gasteiger partial charge in [0, 0.05) is 6.42 Å². The molecule has 0 aliphatic rings. The van der Waals surface area contributed by atoms with E-state index >= 15 is 0 Å². The minimum absolute atomic E-state index is 0.256. The molecule has 2 aromatic rings. The van der Waals surface area contributed by atoms with Gasteiger partial charge < -0.3 is 5.73 Å². The molecule has 0 saturated carbocycles. The van der Waals surface area contributed by atoms with Gasteiger partial charge in [-0.1, -0.05) is 54.1 Å². The van der Waals surface area contributed by atoms with Crippen molar-refractivity contribution in [1.29, 1.82) is 0 Å². The molecule has 0 bridgehead atoms. The van der Waals surface area contributed by atoms with E-state index in [1.807, 2.05) is 12.1 Å². The lowest BCUT2D eigenvalue weighted by Gasteiger charge is -2.09. The van der Waals surface area contributed by atoms with Crippen molar-refractivity contribution in [3.05, 3.63) is 59.7 Å². The average molecular weight is 239 g/mol. The predicted molar refractivity (Wildman–Crippen MR) is 74.1 cm³/mol. The van der Waals surface area contributed by atoms with Gasteiger partial charge in [-0.05, 0) is 30.0 Å². The molecule has 2 N–H and O–H groups in total. The largest absolute Gasteiger partial charge is 0.370 e.